The minimum absolute atomic E-state index is 0.168. The van der Waals surface area contributed by atoms with Gasteiger partial charge in [-0.3, -0.25) is 4.58 Å². The normalized spacial score (nSPS) is 10.5. The van der Waals surface area contributed by atoms with Gasteiger partial charge < -0.3 is 9.15 Å². The molecule has 116 valence electrons. The molecular formula is C19H16ClNO2. The van der Waals surface area contributed by atoms with E-state index in [9.17, 15) is 5.11 Å². The van der Waals surface area contributed by atoms with Gasteiger partial charge in [0.15, 0.2) is 11.4 Å². The summed E-state index contributed by atoms with van der Waals surface area (Å²) in [6.45, 7) is 5.72. The number of furan rings is 1. The first kappa shape index (κ1) is 15.1. The molecule has 0 fully saturated rings. The van der Waals surface area contributed by atoms with Gasteiger partial charge in [0.25, 0.3) is 0 Å². The third-order valence-corrected chi connectivity index (χ3v) is 3.77. The smallest absolute Gasteiger partial charge is 0.173 e. The Kier molecular flexibility index (Phi) is 4.04. The van der Waals surface area contributed by atoms with Gasteiger partial charge in [0, 0.05) is 10.6 Å². The Bertz CT molecular complexity index is 867. The fraction of sp³-hybridized carbons (Fsp3) is 0. The van der Waals surface area contributed by atoms with E-state index in [2.05, 4.69) is 17.9 Å². The lowest BCUT2D eigenvalue weighted by molar-refractivity contribution is -0.382. The van der Waals surface area contributed by atoms with Gasteiger partial charge in [-0.15, -0.1) is 0 Å². The van der Waals surface area contributed by atoms with Crippen molar-refractivity contribution < 1.29 is 13.7 Å². The van der Waals surface area contributed by atoms with Gasteiger partial charge in [0.1, 0.15) is 18.1 Å². The number of benzene rings is 2. The number of halogens is 1. The summed E-state index contributed by atoms with van der Waals surface area (Å²) in [6, 6.07) is 18.4. The van der Waals surface area contributed by atoms with Crippen LogP contribution in [0.2, 0.25) is 5.02 Å². The number of nitrogens with zero attached hydrogens (tertiary/aromatic N) is 1. The standard InChI is InChI=1S/C19H16ClNO2/c1-21(17-8-3-4-9-18(17)22)13-16-10-11-19(23(16)2)14-6-5-7-15(20)12-14/h3-13,22H,1-2H2. The molecule has 1 N–H and O–H groups in total. The fourth-order valence-corrected chi connectivity index (χ4v) is 2.56. The first-order valence-electron chi connectivity index (χ1n) is 7.01. The molecule has 0 unspecified atom stereocenters. The molecule has 0 aliphatic carbocycles. The summed E-state index contributed by atoms with van der Waals surface area (Å²) in [5.41, 5.74) is 1.56. The van der Waals surface area contributed by atoms with E-state index in [4.69, 9.17) is 11.6 Å². The molecule has 0 atom stereocenters. The molecule has 1 aromatic heterocycles. The summed E-state index contributed by atoms with van der Waals surface area (Å²) in [5, 5.41) is 10.6. The van der Waals surface area contributed by atoms with Crippen LogP contribution in [0.5, 0.6) is 5.75 Å². The molecule has 0 saturated carbocycles. The highest BCUT2D eigenvalue weighted by molar-refractivity contribution is 6.30. The second-order valence-electron chi connectivity index (χ2n) is 5.09. The highest BCUT2D eigenvalue weighted by Crippen LogP contribution is 2.32. The van der Waals surface area contributed by atoms with Crippen LogP contribution in [0.4, 0.5) is 5.69 Å². The first-order chi connectivity index (χ1) is 11.1. The molecule has 0 bridgehead atoms. The lowest BCUT2D eigenvalue weighted by Crippen LogP contribution is -2.00. The highest BCUT2D eigenvalue weighted by atomic mass is 35.5. The van der Waals surface area contributed by atoms with Gasteiger partial charge in [0.05, 0.1) is 13.8 Å². The molecule has 4 heteroatoms. The van der Waals surface area contributed by atoms with Gasteiger partial charge in [-0.1, -0.05) is 48.0 Å². The number of phenolic OH excluding ortho intramolecular Hbond substituents is 1. The second-order valence-corrected chi connectivity index (χ2v) is 5.53. The Morgan fingerprint density at radius 3 is 2.61 bits per heavy atom. The number of para-hydroxylation sites is 2. The number of hydrogen-bond acceptors (Lipinski definition) is 1. The van der Waals surface area contributed by atoms with Crippen LogP contribution >= 0.6 is 11.6 Å². The summed E-state index contributed by atoms with van der Waals surface area (Å²) in [7, 11) is 4.00. The fourth-order valence-electron chi connectivity index (χ4n) is 2.37. The van der Waals surface area contributed by atoms with E-state index in [-0.39, 0.29) is 5.75 Å². The molecule has 0 aliphatic heterocycles. The van der Waals surface area contributed by atoms with Crippen LogP contribution in [0.25, 0.3) is 11.3 Å². The molecule has 0 aliphatic rings. The molecular weight excluding hydrogens is 310 g/mol. The number of phenols is 1. The predicted octanol–water partition coefficient (Wildman–Crippen LogP) is 5.19. The molecule has 0 amide bonds. The summed E-state index contributed by atoms with van der Waals surface area (Å²) in [5.74, 6) is 1.81. The Labute approximate surface area is 140 Å². The van der Waals surface area contributed by atoms with Gasteiger partial charge >= 0.3 is 0 Å². The molecule has 2 aromatic carbocycles. The topological polar surface area (TPSA) is 25.9 Å². The minimum Gasteiger partial charge on any atom is -0.673 e. The van der Waals surface area contributed by atoms with E-state index in [1.807, 2.05) is 42.5 Å². The van der Waals surface area contributed by atoms with E-state index < -0.39 is 0 Å². The molecule has 3 aromatic rings. The molecule has 23 heavy (non-hydrogen) atoms. The van der Waals surface area contributed by atoms with Crippen molar-refractivity contribution in [2.24, 2.45) is 0 Å². The monoisotopic (exact) mass is 325 g/mol. The Morgan fingerprint density at radius 2 is 1.87 bits per heavy atom. The second kappa shape index (κ2) is 6.15. The molecule has 0 saturated heterocycles. The molecule has 1 heterocycles. The van der Waals surface area contributed by atoms with Crippen LogP contribution in [-0.4, -0.2) is 16.4 Å². The van der Waals surface area contributed by atoms with Crippen LogP contribution < -0.4 is 0 Å². The van der Waals surface area contributed by atoms with Crippen LogP contribution in [0.15, 0.2) is 64.7 Å². The lowest BCUT2D eigenvalue weighted by Gasteiger charge is -2.16. The number of rotatable bonds is 4. The summed E-state index contributed by atoms with van der Waals surface area (Å²) in [4.78, 5) is 0. The maximum Gasteiger partial charge on any atom is 0.173 e. The summed E-state index contributed by atoms with van der Waals surface area (Å²) < 4.78 is 4.32. The summed E-state index contributed by atoms with van der Waals surface area (Å²) in [6.07, 6.45) is 0. The van der Waals surface area contributed by atoms with Crippen molar-refractivity contribution in [2.45, 2.75) is 0 Å². The van der Waals surface area contributed by atoms with Crippen molar-refractivity contribution in [2.75, 3.05) is 0 Å². The van der Waals surface area contributed by atoms with E-state index in [0.717, 1.165) is 17.1 Å². The minimum atomic E-state index is 0.168. The largest absolute Gasteiger partial charge is 0.673 e. The lowest BCUT2D eigenvalue weighted by atomic mass is 10.2. The zero-order valence-corrected chi connectivity index (χ0v) is 13.2. The van der Waals surface area contributed by atoms with Crippen molar-refractivity contribution in [3.05, 3.63) is 85.1 Å². The Hall–Kier alpha value is -2.78. The third-order valence-electron chi connectivity index (χ3n) is 3.53. The highest BCUT2D eigenvalue weighted by Gasteiger charge is 2.11. The van der Waals surface area contributed by atoms with Crippen molar-refractivity contribution in [1.29, 1.82) is 0 Å². The Balaban J connectivity index is 1.88. The first-order valence-corrected chi connectivity index (χ1v) is 7.38. The summed E-state index contributed by atoms with van der Waals surface area (Å²) >= 11 is 6.04. The third kappa shape index (κ3) is 3.05. The van der Waals surface area contributed by atoms with E-state index in [0.29, 0.717) is 10.7 Å². The van der Waals surface area contributed by atoms with E-state index >= 15 is 0 Å². The maximum atomic E-state index is 9.90. The van der Waals surface area contributed by atoms with Crippen molar-refractivity contribution in [1.82, 2.24) is 0 Å². The molecule has 0 spiro atoms. The van der Waals surface area contributed by atoms with Crippen LogP contribution in [0, 0.1) is 13.7 Å². The van der Waals surface area contributed by atoms with Crippen molar-refractivity contribution in [3.63, 3.8) is 0 Å². The van der Waals surface area contributed by atoms with E-state index in [1.165, 1.54) is 0 Å². The predicted molar refractivity (Wildman–Crippen MR) is 93.1 cm³/mol. The quantitative estimate of drug-likeness (QED) is 0.304. The maximum absolute atomic E-state index is 9.90. The van der Waals surface area contributed by atoms with E-state index in [1.54, 1.807) is 29.3 Å². The Morgan fingerprint density at radius 1 is 1.09 bits per heavy atom. The van der Waals surface area contributed by atoms with Crippen LogP contribution in [-0.2, 0) is 0 Å². The van der Waals surface area contributed by atoms with Crippen LogP contribution in [0.3, 0.4) is 0 Å². The average molecular weight is 326 g/mol. The molecule has 3 rings (SSSR count). The molecule has 3 nitrogen and oxygen atoms in total. The van der Waals surface area contributed by atoms with Gasteiger partial charge in [-0.2, -0.15) is 0 Å². The van der Waals surface area contributed by atoms with Gasteiger partial charge in [0.2, 0.25) is 0 Å². The van der Waals surface area contributed by atoms with Gasteiger partial charge in [-0.05, 0) is 24.3 Å². The van der Waals surface area contributed by atoms with Crippen molar-refractivity contribution >= 4 is 24.0 Å². The van der Waals surface area contributed by atoms with Crippen molar-refractivity contribution in [3.8, 4) is 17.1 Å². The SMILES string of the molecule is C=[N+]([CH-]c1ccc(-c2cccc(Cl)c2)[o+]1[CH2-])c1ccccc1O. The zero-order chi connectivity index (χ0) is 16.4. The molecule has 0 radical (unpaired) electrons. The average Bonchev–Trinajstić information content (AvgIpc) is 2.88. The van der Waals surface area contributed by atoms with Gasteiger partial charge in [-0.25, -0.2) is 0 Å². The zero-order valence-electron chi connectivity index (χ0n) is 12.4. The number of aromatic hydroxyl groups is 1. The van der Waals surface area contributed by atoms with Crippen LogP contribution in [0.1, 0.15) is 5.76 Å². The number of hydrogen-bond donors (Lipinski definition) is 1.